The second-order valence-electron chi connectivity index (χ2n) is 2.93. The minimum atomic E-state index is 0.203. The second-order valence-corrected chi connectivity index (χ2v) is 3.37. The van der Waals surface area contributed by atoms with Crippen LogP contribution in [0.1, 0.15) is 5.69 Å². The molecule has 1 aromatic heterocycles. The molecule has 1 N–H and O–H groups in total. The monoisotopic (exact) mass is 193 g/mol. The topological polar surface area (TPSA) is 33.1 Å². The van der Waals surface area contributed by atoms with Crippen molar-refractivity contribution in [2.45, 2.75) is 6.92 Å². The Morgan fingerprint density at radius 1 is 1.31 bits per heavy atom. The van der Waals surface area contributed by atoms with Crippen molar-refractivity contribution in [1.29, 1.82) is 0 Å². The van der Waals surface area contributed by atoms with E-state index in [1.54, 1.807) is 25.1 Å². The zero-order valence-electron chi connectivity index (χ0n) is 7.08. The average Bonchev–Trinajstić information content (AvgIpc) is 2.08. The first-order valence-electron chi connectivity index (χ1n) is 3.93. The highest BCUT2D eigenvalue weighted by Gasteiger charge is 2.01. The SMILES string of the molecule is Cc1nc2ccc(Cl)cc2cc1O. The van der Waals surface area contributed by atoms with E-state index in [0.717, 1.165) is 10.9 Å². The number of aromatic hydroxyl groups is 1. The highest BCUT2D eigenvalue weighted by molar-refractivity contribution is 6.31. The summed E-state index contributed by atoms with van der Waals surface area (Å²) >= 11 is 5.80. The lowest BCUT2D eigenvalue weighted by molar-refractivity contribution is 0.469. The molecule has 1 heterocycles. The van der Waals surface area contributed by atoms with Crippen LogP contribution in [0.4, 0.5) is 0 Å². The summed E-state index contributed by atoms with van der Waals surface area (Å²) < 4.78 is 0. The molecule has 0 atom stereocenters. The third-order valence-electron chi connectivity index (χ3n) is 1.94. The molecule has 0 aliphatic carbocycles. The first-order valence-corrected chi connectivity index (χ1v) is 4.30. The van der Waals surface area contributed by atoms with Crippen LogP contribution in [0.3, 0.4) is 0 Å². The molecule has 3 heteroatoms. The third kappa shape index (κ3) is 1.45. The van der Waals surface area contributed by atoms with Crippen LogP contribution in [0.5, 0.6) is 5.75 Å². The lowest BCUT2D eigenvalue weighted by atomic mass is 10.2. The van der Waals surface area contributed by atoms with E-state index in [9.17, 15) is 5.11 Å². The van der Waals surface area contributed by atoms with E-state index < -0.39 is 0 Å². The van der Waals surface area contributed by atoms with Gasteiger partial charge in [0.1, 0.15) is 5.75 Å². The predicted molar refractivity (Wildman–Crippen MR) is 53.2 cm³/mol. The van der Waals surface area contributed by atoms with Gasteiger partial charge in [0.05, 0.1) is 11.2 Å². The molecular weight excluding hydrogens is 186 g/mol. The van der Waals surface area contributed by atoms with Gasteiger partial charge in [-0.3, -0.25) is 0 Å². The van der Waals surface area contributed by atoms with Crippen LogP contribution < -0.4 is 0 Å². The first kappa shape index (κ1) is 8.32. The van der Waals surface area contributed by atoms with Crippen molar-refractivity contribution in [3.8, 4) is 5.75 Å². The number of nitrogens with zero attached hydrogens (tertiary/aromatic N) is 1. The van der Waals surface area contributed by atoms with Crippen LogP contribution in [-0.2, 0) is 0 Å². The van der Waals surface area contributed by atoms with E-state index in [1.807, 2.05) is 6.07 Å². The van der Waals surface area contributed by atoms with Gasteiger partial charge in [-0.2, -0.15) is 0 Å². The molecule has 0 aliphatic rings. The van der Waals surface area contributed by atoms with E-state index in [4.69, 9.17) is 11.6 Å². The first-order chi connectivity index (χ1) is 6.16. The summed E-state index contributed by atoms with van der Waals surface area (Å²) in [7, 11) is 0. The molecule has 2 rings (SSSR count). The Kier molecular flexibility index (Phi) is 1.85. The molecule has 2 nitrogen and oxygen atoms in total. The zero-order valence-corrected chi connectivity index (χ0v) is 7.84. The molecule has 0 radical (unpaired) electrons. The van der Waals surface area contributed by atoms with Gasteiger partial charge >= 0.3 is 0 Å². The zero-order chi connectivity index (χ0) is 9.42. The maximum Gasteiger partial charge on any atom is 0.137 e. The van der Waals surface area contributed by atoms with Crippen LogP contribution in [0.15, 0.2) is 24.3 Å². The fourth-order valence-electron chi connectivity index (χ4n) is 1.23. The highest BCUT2D eigenvalue weighted by atomic mass is 35.5. The molecule has 13 heavy (non-hydrogen) atoms. The Morgan fingerprint density at radius 2 is 2.08 bits per heavy atom. The van der Waals surface area contributed by atoms with E-state index >= 15 is 0 Å². The van der Waals surface area contributed by atoms with E-state index in [1.165, 1.54) is 0 Å². The largest absolute Gasteiger partial charge is 0.506 e. The molecule has 66 valence electrons. The summed E-state index contributed by atoms with van der Waals surface area (Å²) in [6, 6.07) is 7.07. The van der Waals surface area contributed by atoms with E-state index in [-0.39, 0.29) is 5.75 Å². The molecular formula is C10H8ClNO. The van der Waals surface area contributed by atoms with Crippen molar-refractivity contribution in [1.82, 2.24) is 4.98 Å². The summed E-state index contributed by atoms with van der Waals surface area (Å²) in [5.41, 5.74) is 1.48. The number of fused-ring (bicyclic) bond motifs is 1. The Hall–Kier alpha value is -1.28. The van der Waals surface area contributed by atoms with Crippen LogP contribution in [0, 0.1) is 6.92 Å². The van der Waals surface area contributed by atoms with Gasteiger partial charge in [-0.15, -0.1) is 0 Å². The van der Waals surface area contributed by atoms with E-state index in [0.29, 0.717) is 10.7 Å². The molecule has 2 aromatic rings. The molecule has 1 aromatic carbocycles. The fourth-order valence-corrected chi connectivity index (χ4v) is 1.41. The van der Waals surface area contributed by atoms with Crippen molar-refractivity contribution in [2.75, 3.05) is 0 Å². The summed E-state index contributed by atoms with van der Waals surface area (Å²) in [5, 5.41) is 10.9. The number of rotatable bonds is 0. The van der Waals surface area contributed by atoms with Gasteiger partial charge in [-0.25, -0.2) is 4.98 Å². The molecule has 0 saturated carbocycles. The Labute approximate surface area is 80.8 Å². The van der Waals surface area contributed by atoms with Crippen LogP contribution >= 0.6 is 11.6 Å². The Balaban J connectivity index is 2.81. The quantitative estimate of drug-likeness (QED) is 0.698. The number of halogens is 1. The van der Waals surface area contributed by atoms with Gasteiger partial charge in [0.25, 0.3) is 0 Å². The maximum atomic E-state index is 9.40. The lowest BCUT2D eigenvalue weighted by Crippen LogP contribution is -1.83. The van der Waals surface area contributed by atoms with Gasteiger partial charge < -0.3 is 5.11 Å². The number of hydrogen-bond donors (Lipinski definition) is 1. The lowest BCUT2D eigenvalue weighted by Gasteiger charge is -2.01. The number of aryl methyl sites for hydroxylation is 1. The van der Waals surface area contributed by atoms with Crippen LogP contribution in [0.2, 0.25) is 5.02 Å². The number of benzene rings is 1. The van der Waals surface area contributed by atoms with Gasteiger partial charge in [0.2, 0.25) is 0 Å². The van der Waals surface area contributed by atoms with Crippen LogP contribution in [0.25, 0.3) is 10.9 Å². The smallest absolute Gasteiger partial charge is 0.137 e. The van der Waals surface area contributed by atoms with Crippen molar-refractivity contribution in [3.05, 3.63) is 35.0 Å². The van der Waals surface area contributed by atoms with Gasteiger partial charge in [0, 0.05) is 10.4 Å². The molecule has 0 fully saturated rings. The molecule has 0 amide bonds. The van der Waals surface area contributed by atoms with Gasteiger partial charge in [-0.05, 0) is 31.2 Å². The molecule has 0 aliphatic heterocycles. The van der Waals surface area contributed by atoms with Gasteiger partial charge in [-0.1, -0.05) is 11.6 Å². The number of aromatic nitrogens is 1. The predicted octanol–water partition coefficient (Wildman–Crippen LogP) is 2.90. The van der Waals surface area contributed by atoms with Crippen molar-refractivity contribution in [3.63, 3.8) is 0 Å². The maximum absolute atomic E-state index is 9.40. The second kappa shape index (κ2) is 2.89. The molecule has 0 saturated heterocycles. The standard InChI is InChI=1S/C10H8ClNO/c1-6-10(13)5-7-4-8(11)2-3-9(7)12-6/h2-5,13H,1H3. The third-order valence-corrected chi connectivity index (χ3v) is 2.18. The molecule has 0 bridgehead atoms. The average molecular weight is 194 g/mol. The molecule has 0 spiro atoms. The molecule has 0 unspecified atom stereocenters. The number of hydrogen-bond acceptors (Lipinski definition) is 2. The normalized spacial score (nSPS) is 10.6. The Bertz CT molecular complexity index is 468. The minimum absolute atomic E-state index is 0.203. The van der Waals surface area contributed by atoms with Gasteiger partial charge in [0.15, 0.2) is 0 Å². The fraction of sp³-hybridized carbons (Fsp3) is 0.100. The van der Waals surface area contributed by atoms with Crippen molar-refractivity contribution >= 4 is 22.5 Å². The van der Waals surface area contributed by atoms with E-state index in [2.05, 4.69) is 4.98 Å². The summed E-state index contributed by atoms with van der Waals surface area (Å²) in [6.07, 6.45) is 0. The summed E-state index contributed by atoms with van der Waals surface area (Å²) in [5.74, 6) is 0.203. The highest BCUT2D eigenvalue weighted by Crippen LogP contribution is 2.23. The summed E-state index contributed by atoms with van der Waals surface area (Å²) in [4.78, 5) is 4.21. The summed E-state index contributed by atoms with van der Waals surface area (Å²) in [6.45, 7) is 1.77. The minimum Gasteiger partial charge on any atom is -0.506 e. The van der Waals surface area contributed by atoms with Crippen molar-refractivity contribution < 1.29 is 5.11 Å². The Morgan fingerprint density at radius 3 is 2.85 bits per heavy atom. The number of pyridine rings is 1. The van der Waals surface area contributed by atoms with Crippen LogP contribution in [-0.4, -0.2) is 10.1 Å². The van der Waals surface area contributed by atoms with Crippen molar-refractivity contribution in [2.24, 2.45) is 0 Å².